The molecule has 2 aromatic rings. The summed E-state index contributed by atoms with van der Waals surface area (Å²) in [5, 5.41) is 4.29. The molecule has 27 heavy (non-hydrogen) atoms. The number of carbonyl (C=O) groups is 1. The van der Waals surface area contributed by atoms with Crippen molar-refractivity contribution in [3.05, 3.63) is 30.0 Å². The van der Waals surface area contributed by atoms with Crippen molar-refractivity contribution in [1.29, 1.82) is 0 Å². The molecule has 3 N–H and O–H groups in total. The molecule has 0 radical (unpaired) electrons. The Hall–Kier alpha value is -2.34. The number of ether oxygens (including phenoxy) is 2. The van der Waals surface area contributed by atoms with E-state index >= 15 is 0 Å². The Morgan fingerprint density at radius 3 is 2.67 bits per heavy atom. The summed E-state index contributed by atoms with van der Waals surface area (Å²) >= 11 is 0. The Balaban J connectivity index is 1.69. The number of nitrogens with zero attached hydrogens (tertiary/aromatic N) is 1. The zero-order valence-corrected chi connectivity index (χ0v) is 16.0. The number of primary amides is 1. The van der Waals surface area contributed by atoms with Gasteiger partial charge in [0, 0.05) is 17.0 Å². The van der Waals surface area contributed by atoms with E-state index in [0.29, 0.717) is 22.2 Å². The Kier molecular flexibility index (Phi) is 4.68. The number of hydrogen-bond acceptors (Lipinski definition) is 5. The van der Waals surface area contributed by atoms with Gasteiger partial charge in [-0.25, -0.2) is 0 Å². The Morgan fingerprint density at radius 2 is 2.04 bits per heavy atom. The third-order valence-electron chi connectivity index (χ3n) is 5.89. The fraction of sp³-hybridized carbons (Fsp3) is 0.524. The highest BCUT2D eigenvalue weighted by Gasteiger charge is 2.48. The zero-order chi connectivity index (χ0) is 19.0. The number of carbonyl (C=O) groups excluding carboxylic acids is 1. The molecule has 2 fully saturated rings. The fourth-order valence-corrected chi connectivity index (χ4v) is 4.30. The maximum atomic E-state index is 11.8. The monoisotopic (exact) mass is 369 g/mol. The summed E-state index contributed by atoms with van der Waals surface area (Å²) in [5.41, 5.74) is 6.87. The van der Waals surface area contributed by atoms with Gasteiger partial charge in [-0.15, -0.1) is 0 Å². The van der Waals surface area contributed by atoms with Crippen LogP contribution in [0.3, 0.4) is 0 Å². The van der Waals surface area contributed by atoms with E-state index < -0.39 is 5.91 Å². The Morgan fingerprint density at radius 1 is 1.26 bits per heavy atom. The van der Waals surface area contributed by atoms with E-state index in [1.54, 1.807) is 12.3 Å². The molecule has 1 saturated heterocycles. The van der Waals surface area contributed by atoms with Crippen molar-refractivity contribution in [3.8, 4) is 11.5 Å². The summed E-state index contributed by atoms with van der Waals surface area (Å²) < 4.78 is 12.3. The van der Waals surface area contributed by atoms with Gasteiger partial charge in [0.2, 0.25) is 0 Å². The lowest BCUT2D eigenvalue weighted by Gasteiger charge is -2.51. The molecule has 1 aromatic heterocycles. The number of amides is 1. The second-order valence-corrected chi connectivity index (χ2v) is 7.96. The Bertz CT molecular complexity index is 859. The summed E-state index contributed by atoms with van der Waals surface area (Å²) in [6, 6.07) is 5.44. The van der Waals surface area contributed by atoms with Crippen LogP contribution in [0.25, 0.3) is 10.9 Å². The minimum atomic E-state index is -0.520. The molecular formula is C21H27N3O3. The minimum absolute atomic E-state index is 0.0637. The van der Waals surface area contributed by atoms with Crippen LogP contribution in [0.15, 0.2) is 24.4 Å². The van der Waals surface area contributed by atoms with Crippen molar-refractivity contribution >= 4 is 16.8 Å². The van der Waals surface area contributed by atoms with Crippen molar-refractivity contribution in [3.63, 3.8) is 0 Å². The SMILES string of the molecule is CC(C)Oc1cc2c(O[C@H]3CCC34CCNCC4)ccnc2cc1C(N)=O. The molecule has 1 saturated carbocycles. The molecule has 0 unspecified atom stereocenters. The van der Waals surface area contributed by atoms with Crippen LogP contribution < -0.4 is 20.5 Å². The summed E-state index contributed by atoms with van der Waals surface area (Å²) in [7, 11) is 0. The predicted molar refractivity (Wildman–Crippen MR) is 104 cm³/mol. The van der Waals surface area contributed by atoms with Gasteiger partial charge in [-0.1, -0.05) is 0 Å². The second-order valence-electron chi connectivity index (χ2n) is 7.96. The second kappa shape index (κ2) is 7.00. The first-order chi connectivity index (χ1) is 13.0. The predicted octanol–water partition coefficient (Wildman–Crippen LogP) is 3.03. The first kappa shape index (κ1) is 18.0. The lowest BCUT2D eigenvalue weighted by atomic mass is 9.61. The van der Waals surface area contributed by atoms with Crippen LogP contribution in [0.2, 0.25) is 0 Å². The number of aromatic nitrogens is 1. The summed E-state index contributed by atoms with van der Waals surface area (Å²) in [4.78, 5) is 16.3. The van der Waals surface area contributed by atoms with Crippen LogP contribution in [-0.4, -0.2) is 36.2 Å². The molecule has 1 spiro atoms. The molecule has 1 atom stereocenters. The van der Waals surface area contributed by atoms with Gasteiger partial charge in [0.1, 0.15) is 17.6 Å². The third-order valence-corrected chi connectivity index (χ3v) is 5.89. The molecule has 2 heterocycles. The van der Waals surface area contributed by atoms with Gasteiger partial charge in [-0.05, 0) is 70.8 Å². The van der Waals surface area contributed by atoms with E-state index in [1.165, 1.54) is 6.42 Å². The molecule has 6 heteroatoms. The molecule has 1 aromatic carbocycles. The lowest BCUT2D eigenvalue weighted by Crippen LogP contribution is -2.53. The van der Waals surface area contributed by atoms with Crippen molar-refractivity contribution in [2.24, 2.45) is 11.1 Å². The molecule has 144 valence electrons. The van der Waals surface area contributed by atoms with E-state index in [-0.39, 0.29) is 12.2 Å². The molecule has 1 aliphatic carbocycles. The van der Waals surface area contributed by atoms with Crippen molar-refractivity contribution in [2.75, 3.05) is 13.1 Å². The zero-order valence-electron chi connectivity index (χ0n) is 16.0. The molecule has 4 rings (SSSR count). The highest BCUT2D eigenvalue weighted by Crippen LogP contribution is 2.50. The molecule has 2 aliphatic rings. The summed E-state index contributed by atoms with van der Waals surface area (Å²) in [6.07, 6.45) is 6.53. The number of pyridine rings is 1. The first-order valence-electron chi connectivity index (χ1n) is 9.75. The van der Waals surface area contributed by atoms with Gasteiger partial charge in [0.15, 0.2) is 0 Å². The minimum Gasteiger partial charge on any atom is -0.490 e. The van der Waals surface area contributed by atoms with Crippen LogP contribution in [-0.2, 0) is 0 Å². The van der Waals surface area contributed by atoms with Gasteiger partial charge in [0.25, 0.3) is 5.91 Å². The number of benzene rings is 1. The van der Waals surface area contributed by atoms with Crippen LogP contribution in [0, 0.1) is 5.41 Å². The third kappa shape index (κ3) is 3.34. The molecule has 6 nitrogen and oxygen atoms in total. The van der Waals surface area contributed by atoms with E-state index in [4.69, 9.17) is 15.2 Å². The molecule has 0 bridgehead atoms. The maximum absolute atomic E-state index is 11.8. The largest absolute Gasteiger partial charge is 0.490 e. The fourth-order valence-electron chi connectivity index (χ4n) is 4.30. The van der Waals surface area contributed by atoms with E-state index in [9.17, 15) is 4.79 Å². The topological polar surface area (TPSA) is 86.5 Å². The van der Waals surface area contributed by atoms with Gasteiger partial charge < -0.3 is 20.5 Å². The molecule has 1 aliphatic heterocycles. The molecular weight excluding hydrogens is 342 g/mol. The van der Waals surface area contributed by atoms with E-state index in [2.05, 4.69) is 10.3 Å². The van der Waals surface area contributed by atoms with Crippen molar-refractivity contribution < 1.29 is 14.3 Å². The number of hydrogen-bond donors (Lipinski definition) is 2. The summed E-state index contributed by atoms with van der Waals surface area (Å²) in [6.45, 7) is 5.96. The molecule has 1 amide bonds. The van der Waals surface area contributed by atoms with E-state index in [0.717, 1.165) is 43.5 Å². The highest BCUT2D eigenvalue weighted by molar-refractivity contribution is 6.01. The van der Waals surface area contributed by atoms with Gasteiger partial charge in [0.05, 0.1) is 17.2 Å². The summed E-state index contributed by atoms with van der Waals surface area (Å²) in [5.74, 6) is 0.758. The van der Waals surface area contributed by atoms with Crippen LogP contribution in [0.5, 0.6) is 11.5 Å². The standard InChI is InChI=1S/C21H27N3O3/c1-13(2)26-18-12-14-16(11-15(18)20(22)25)24-8-4-17(14)27-19-3-5-21(19)6-9-23-10-7-21/h4,8,11-13,19,23H,3,5-7,9-10H2,1-2H3,(H2,22,25)/t19-/m0/s1. The Labute approximate surface area is 159 Å². The number of piperidine rings is 1. The highest BCUT2D eigenvalue weighted by atomic mass is 16.5. The van der Waals surface area contributed by atoms with E-state index in [1.807, 2.05) is 26.0 Å². The maximum Gasteiger partial charge on any atom is 0.252 e. The lowest BCUT2D eigenvalue weighted by molar-refractivity contribution is -0.0651. The van der Waals surface area contributed by atoms with Crippen LogP contribution in [0.4, 0.5) is 0 Å². The number of nitrogens with two attached hydrogens (primary N) is 1. The van der Waals surface area contributed by atoms with Crippen molar-refractivity contribution in [1.82, 2.24) is 10.3 Å². The van der Waals surface area contributed by atoms with Gasteiger partial charge >= 0.3 is 0 Å². The van der Waals surface area contributed by atoms with Crippen LogP contribution >= 0.6 is 0 Å². The number of rotatable bonds is 5. The van der Waals surface area contributed by atoms with Crippen molar-refractivity contribution in [2.45, 2.75) is 51.7 Å². The smallest absolute Gasteiger partial charge is 0.252 e. The van der Waals surface area contributed by atoms with Crippen LogP contribution in [0.1, 0.15) is 49.9 Å². The van der Waals surface area contributed by atoms with Gasteiger partial charge in [-0.3, -0.25) is 9.78 Å². The van der Waals surface area contributed by atoms with Gasteiger partial charge in [-0.2, -0.15) is 0 Å². The normalized spacial score (nSPS) is 21.2. The average molecular weight is 369 g/mol. The first-order valence-corrected chi connectivity index (χ1v) is 9.75. The average Bonchev–Trinajstić information content (AvgIpc) is 2.65. The number of fused-ring (bicyclic) bond motifs is 1. The quantitative estimate of drug-likeness (QED) is 0.846. The number of nitrogens with one attached hydrogen (secondary N) is 1.